The van der Waals surface area contributed by atoms with Crippen LogP contribution in [0.25, 0.3) is 0 Å². The average molecular weight is 427 g/mol. The monoisotopic (exact) mass is 426 g/mol. The van der Waals surface area contributed by atoms with Crippen LogP contribution < -0.4 is 0 Å². The van der Waals surface area contributed by atoms with Crippen molar-refractivity contribution in [1.82, 2.24) is 0 Å². The van der Waals surface area contributed by atoms with Crippen LogP contribution in [0, 0.1) is 5.82 Å². The lowest BCUT2D eigenvalue weighted by Crippen LogP contribution is -2.26. The van der Waals surface area contributed by atoms with Gasteiger partial charge in [-0.3, -0.25) is 0 Å². The van der Waals surface area contributed by atoms with Crippen LogP contribution in [0.1, 0.15) is 61.4 Å². The lowest BCUT2D eigenvalue weighted by atomic mass is 9.74. The second kappa shape index (κ2) is 7.25. The third-order valence-corrected chi connectivity index (χ3v) is 5.01. The molecule has 154 valence electrons. The second-order valence-corrected chi connectivity index (χ2v) is 7.79. The van der Waals surface area contributed by atoms with Crippen LogP contribution in [0.2, 0.25) is 5.02 Å². The third kappa shape index (κ3) is 4.29. The minimum absolute atomic E-state index is 0.0627. The van der Waals surface area contributed by atoms with E-state index >= 15 is 0 Å². The van der Waals surface area contributed by atoms with E-state index in [0.29, 0.717) is 18.2 Å². The van der Waals surface area contributed by atoms with Gasteiger partial charge in [-0.15, -0.1) is 0 Å². The Morgan fingerprint density at radius 3 is 1.75 bits per heavy atom. The molecule has 0 atom stereocenters. The van der Waals surface area contributed by atoms with E-state index in [2.05, 4.69) is 0 Å². The molecule has 0 nitrogen and oxygen atoms in total. The standard InChI is InChI=1S/C20H18ClF7/c1-10(2)12-8-17(21)16(9-14(12)20(26,27)28)18(3,4)15-7-11(22)5-6-13(15)19(23,24)25/h5-10H,1-4H3. The van der Waals surface area contributed by atoms with Crippen LogP contribution >= 0.6 is 11.6 Å². The van der Waals surface area contributed by atoms with Gasteiger partial charge in [0.25, 0.3) is 0 Å². The normalized spacial score (nSPS) is 13.3. The van der Waals surface area contributed by atoms with Crippen molar-refractivity contribution in [1.29, 1.82) is 0 Å². The number of benzene rings is 2. The van der Waals surface area contributed by atoms with Gasteiger partial charge in [0.15, 0.2) is 0 Å². The third-order valence-electron chi connectivity index (χ3n) is 4.70. The number of halogens is 8. The fourth-order valence-electron chi connectivity index (χ4n) is 3.22. The predicted molar refractivity (Wildman–Crippen MR) is 94.1 cm³/mol. The summed E-state index contributed by atoms with van der Waals surface area (Å²) in [5.74, 6) is -1.44. The predicted octanol–water partition coefficient (Wildman–Crippen LogP) is 7.97. The Kier molecular flexibility index (Phi) is 5.83. The van der Waals surface area contributed by atoms with Crippen molar-refractivity contribution in [2.45, 2.75) is 51.4 Å². The second-order valence-electron chi connectivity index (χ2n) is 7.38. The summed E-state index contributed by atoms with van der Waals surface area (Å²) in [5, 5.41) is -0.112. The van der Waals surface area contributed by atoms with Crippen LogP contribution in [0.3, 0.4) is 0 Å². The molecule has 0 fully saturated rings. The molecule has 0 spiro atoms. The van der Waals surface area contributed by atoms with Crippen molar-refractivity contribution in [2.75, 3.05) is 0 Å². The summed E-state index contributed by atoms with van der Waals surface area (Å²) in [6.45, 7) is 5.68. The quantitative estimate of drug-likeness (QED) is 0.436. The maximum atomic E-state index is 13.7. The van der Waals surface area contributed by atoms with Gasteiger partial charge in [-0.2, -0.15) is 26.3 Å². The first-order chi connectivity index (χ1) is 12.6. The number of rotatable bonds is 3. The minimum atomic E-state index is -4.81. The molecule has 2 rings (SSSR count). The van der Waals surface area contributed by atoms with Crippen molar-refractivity contribution in [3.05, 3.63) is 69.0 Å². The lowest BCUT2D eigenvalue weighted by Gasteiger charge is -2.31. The van der Waals surface area contributed by atoms with Gasteiger partial charge in [-0.1, -0.05) is 39.3 Å². The molecule has 0 aliphatic heterocycles. The molecule has 0 saturated carbocycles. The summed E-state index contributed by atoms with van der Waals surface area (Å²) in [6.07, 6.45) is -9.53. The zero-order chi connectivity index (χ0) is 21.7. The Bertz CT molecular complexity index is 877. The lowest BCUT2D eigenvalue weighted by molar-refractivity contribution is -0.139. The summed E-state index contributed by atoms with van der Waals surface area (Å²) in [5.41, 5.74) is -4.46. The van der Waals surface area contributed by atoms with Gasteiger partial charge in [-0.05, 0) is 52.9 Å². The zero-order valence-corrected chi connectivity index (χ0v) is 16.2. The van der Waals surface area contributed by atoms with Gasteiger partial charge in [0.2, 0.25) is 0 Å². The highest BCUT2D eigenvalue weighted by Gasteiger charge is 2.41. The van der Waals surface area contributed by atoms with Gasteiger partial charge in [0.05, 0.1) is 11.1 Å². The molecule has 0 bridgehead atoms. The van der Waals surface area contributed by atoms with E-state index in [1.807, 2.05) is 0 Å². The van der Waals surface area contributed by atoms with Gasteiger partial charge in [0, 0.05) is 10.4 Å². The number of hydrogen-bond acceptors (Lipinski definition) is 0. The van der Waals surface area contributed by atoms with E-state index in [1.54, 1.807) is 13.8 Å². The topological polar surface area (TPSA) is 0 Å². The highest BCUT2D eigenvalue weighted by Crippen LogP contribution is 2.46. The van der Waals surface area contributed by atoms with Crippen LogP contribution in [0.5, 0.6) is 0 Å². The first-order valence-electron chi connectivity index (χ1n) is 8.35. The van der Waals surface area contributed by atoms with Crippen LogP contribution in [-0.4, -0.2) is 0 Å². The zero-order valence-electron chi connectivity index (χ0n) is 15.5. The first-order valence-corrected chi connectivity index (χ1v) is 8.73. The first kappa shape index (κ1) is 22.5. The summed E-state index contributed by atoms with van der Waals surface area (Å²) in [4.78, 5) is 0. The van der Waals surface area contributed by atoms with Crippen molar-refractivity contribution >= 4 is 11.6 Å². The molecular weight excluding hydrogens is 409 g/mol. The highest BCUT2D eigenvalue weighted by atomic mass is 35.5. The summed E-state index contributed by atoms with van der Waals surface area (Å²) >= 11 is 6.19. The fourth-order valence-corrected chi connectivity index (χ4v) is 3.62. The van der Waals surface area contributed by atoms with E-state index in [-0.39, 0.29) is 16.1 Å². The summed E-state index contributed by atoms with van der Waals surface area (Å²) < 4.78 is 94.7. The van der Waals surface area contributed by atoms with E-state index < -0.39 is 46.2 Å². The molecule has 0 amide bonds. The van der Waals surface area contributed by atoms with Crippen LogP contribution in [-0.2, 0) is 17.8 Å². The smallest absolute Gasteiger partial charge is 0.207 e. The molecular formula is C20H18ClF7. The van der Waals surface area contributed by atoms with E-state index in [4.69, 9.17) is 11.6 Å². The van der Waals surface area contributed by atoms with Gasteiger partial charge in [-0.25, -0.2) is 4.39 Å². The molecule has 0 radical (unpaired) electrons. The molecule has 0 aromatic heterocycles. The maximum absolute atomic E-state index is 13.7. The Morgan fingerprint density at radius 1 is 0.750 bits per heavy atom. The Balaban J connectivity index is 2.83. The van der Waals surface area contributed by atoms with Crippen molar-refractivity contribution < 1.29 is 30.7 Å². The highest BCUT2D eigenvalue weighted by molar-refractivity contribution is 6.31. The number of hydrogen-bond donors (Lipinski definition) is 0. The summed E-state index contributed by atoms with van der Waals surface area (Å²) in [7, 11) is 0. The average Bonchev–Trinajstić information content (AvgIpc) is 2.51. The SMILES string of the molecule is CC(C)c1cc(Cl)c(C(C)(C)c2cc(F)ccc2C(F)(F)F)cc1C(F)(F)F. The largest absolute Gasteiger partial charge is 0.416 e. The molecule has 8 heteroatoms. The van der Waals surface area contributed by atoms with Crippen molar-refractivity contribution in [2.24, 2.45) is 0 Å². The molecule has 2 aromatic rings. The number of alkyl halides is 6. The molecule has 0 heterocycles. The molecule has 0 aliphatic carbocycles. The Hall–Kier alpha value is -1.76. The molecule has 0 unspecified atom stereocenters. The van der Waals surface area contributed by atoms with E-state index in [1.165, 1.54) is 13.8 Å². The van der Waals surface area contributed by atoms with Crippen molar-refractivity contribution in [3.63, 3.8) is 0 Å². The maximum Gasteiger partial charge on any atom is 0.416 e. The van der Waals surface area contributed by atoms with Gasteiger partial charge < -0.3 is 0 Å². The van der Waals surface area contributed by atoms with Crippen LogP contribution in [0.15, 0.2) is 30.3 Å². The van der Waals surface area contributed by atoms with Gasteiger partial charge in [0.1, 0.15) is 5.82 Å². The molecule has 28 heavy (non-hydrogen) atoms. The summed E-state index contributed by atoms with van der Waals surface area (Å²) in [6, 6.07) is 3.81. The minimum Gasteiger partial charge on any atom is -0.207 e. The Labute approximate surface area is 163 Å². The molecule has 2 aromatic carbocycles. The Morgan fingerprint density at radius 2 is 1.29 bits per heavy atom. The van der Waals surface area contributed by atoms with Crippen LogP contribution in [0.4, 0.5) is 30.7 Å². The van der Waals surface area contributed by atoms with E-state index in [9.17, 15) is 30.7 Å². The van der Waals surface area contributed by atoms with Crippen molar-refractivity contribution in [3.8, 4) is 0 Å². The molecule has 0 saturated heterocycles. The molecule has 0 N–H and O–H groups in total. The molecule has 0 aliphatic rings. The van der Waals surface area contributed by atoms with E-state index in [0.717, 1.165) is 12.1 Å². The fraction of sp³-hybridized carbons (Fsp3) is 0.400. The van der Waals surface area contributed by atoms with Gasteiger partial charge >= 0.3 is 12.4 Å².